The predicted molar refractivity (Wildman–Crippen MR) is 87.8 cm³/mol. The van der Waals surface area contributed by atoms with E-state index in [1.54, 1.807) is 0 Å². The Balaban J connectivity index is 0.00000176. The molecule has 1 aliphatic carbocycles. The summed E-state index contributed by atoms with van der Waals surface area (Å²) in [6.45, 7) is 3.48. The molecule has 1 aromatic carbocycles. The summed E-state index contributed by atoms with van der Waals surface area (Å²) in [5.74, 6) is -0.528. The van der Waals surface area contributed by atoms with E-state index in [2.05, 4.69) is 10.2 Å². The zero-order chi connectivity index (χ0) is 14.8. The van der Waals surface area contributed by atoms with Gasteiger partial charge in [0.2, 0.25) is 0 Å². The molecule has 1 aromatic rings. The van der Waals surface area contributed by atoms with Crippen molar-refractivity contribution in [3.63, 3.8) is 0 Å². The Morgan fingerprint density at radius 3 is 2.32 bits per heavy atom. The van der Waals surface area contributed by atoms with Crippen LogP contribution in [0.1, 0.15) is 37.3 Å². The lowest BCUT2D eigenvalue weighted by molar-refractivity contribution is 0.122. The average molecular weight is 351 g/mol. The Morgan fingerprint density at radius 1 is 1.09 bits per heavy atom. The van der Waals surface area contributed by atoms with Crippen LogP contribution in [0.2, 0.25) is 5.02 Å². The third kappa shape index (κ3) is 3.56. The van der Waals surface area contributed by atoms with E-state index >= 15 is 0 Å². The van der Waals surface area contributed by atoms with E-state index in [-0.39, 0.29) is 29.3 Å². The molecule has 2 fully saturated rings. The molecule has 1 N–H and O–H groups in total. The van der Waals surface area contributed by atoms with Gasteiger partial charge in [0.1, 0.15) is 11.6 Å². The maximum absolute atomic E-state index is 14.4. The molecule has 1 atom stereocenters. The Morgan fingerprint density at radius 2 is 1.68 bits per heavy atom. The minimum Gasteiger partial charge on any atom is -0.314 e. The van der Waals surface area contributed by atoms with Gasteiger partial charge in [0.25, 0.3) is 0 Å². The molecule has 2 aliphatic rings. The molecule has 22 heavy (non-hydrogen) atoms. The number of nitrogens with zero attached hydrogens (tertiary/aromatic N) is 1. The van der Waals surface area contributed by atoms with E-state index in [0.29, 0.717) is 11.5 Å². The van der Waals surface area contributed by atoms with Crippen LogP contribution in [0.3, 0.4) is 0 Å². The number of nitrogens with one attached hydrogen (secondary N) is 1. The third-order valence-corrected chi connectivity index (χ3v) is 5.15. The summed E-state index contributed by atoms with van der Waals surface area (Å²) in [5, 5.41) is 3.27. The molecule has 0 radical (unpaired) electrons. The lowest BCUT2D eigenvalue weighted by Crippen LogP contribution is -2.47. The fourth-order valence-electron chi connectivity index (χ4n) is 3.76. The topological polar surface area (TPSA) is 15.3 Å². The molecule has 0 amide bonds. The average Bonchev–Trinajstić information content (AvgIpc) is 3.02. The molecule has 0 bridgehead atoms. The molecular formula is C16H22Cl2F2N2. The van der Waals surface area contributed by atoms with Crippen molar-refractivity contribution in [1.29, 1.82) is 0 Å². The number of rotatable bonds is 3. The standard InChI is InChI=1S/C16H21ClF2N2.ClH/c17-15-13(19)6-5-12(18)14(15)16(11-3-1-2-4-11)21-9-7-20-8-10-21;/h5-6,11,16,20H,1-4,7-10H2;1H/t16-;/m0./s1. The van der Waals surface area contributed by atoms with Crippen molar-refractivity contribution in [1.82, 2.24) is 10.2 Å². The van der Waals surface area contributed by atoms with Gasteiger partial charge < -0.3 is 5.32 Å². The van der Waals surface area contributed by atoms with Crippen molar-refractivity contribution in [2.45, 2.75) is 31.7 Å². The highest BCUT2D eigenvalue weighted by Crippen LogP contribution is 2.43. The maximum Gasteiger partial charge on any atom is 0.142 e. The molecule has 1 saturated heterocycles. The summed E-state index contributed by atoms with van der Waals surface area (Å²) in [4.78, 5) is 2.27. The normalized spacial score (nSPS) is 21.6. The van der Waals surface area contributed by atoms with Crippen molar-refractivity contribution in [2.24, 2.45) is 5.92 Å². The van der Waals surface area contributed by atoms with Gasteiger partial charge in [-0.15, -0.1) is 12.4 Å². The van der Waals surface area contributed by atoms with Crippen LogP contribution in [0.5, 0.6) is 0 Å². The zero-order valence-corrected chi connectivity index (χ0v) is 14.0. The lowest BCUT2D eigenvalue weighted by atomic mass is 9.89. The second-order valence-corrected chi connectivity index (χ2v) is 6.41. The van der Waals surface area contributed by atoms with E-state index < -0.39 is 5.82 Å². The van der Waals surface area contributed by atoms with Crippen LogP contribution in [0.4, 0.5) is 8.78 Å². The Labute approximate surface area is 141 Å². The summed E-state index contributed by atoms with van der Waals surface area (Å²) in [5.41, 5.74) is 0.366. The number of hydrogen-bond donors (Lipinski definition) is 1. The molecule has 0 unspecified atom stereocenters. The van der Waals surface area contributed by atoms with Gasteiger partial charge in [-0.3, -0.25) is 4.90 Å². The predicted octanol–water partition coefficient (Wildman–Crippen LogP) is 4.18. The Bertz CT molecular complexity index is 501. The SMILES string of the molecule is Cl.Fc1ccc(F)c([C@H](C2CCCC2)N2CCNCC2)c1Cl. The number of piperazine rings is 1. The largest absolute Gasteiger partial charge is 0.314 e. The lowest BCUT2D eigenvalue weighted by Gasteiger charge is -2.39. The summed E-state index contributed by atoms with van der Waals surface area (Å²) < 4.78 is 28.2. The van der Waals surface area contributed by atoms with Gasteiger partial charge in [0.05, 0.1) is 5.02 Å². The van der Waals surface area contributed by atoms with Crippen LogP contribution < -0.4 is 5.32 Å². The van der Waals surface area contributed by atoms with Crippen molar-refractivity contribution in [2.75, 3.05) is 26.2 Å². The molecule has 1 aliphatic heterocycles. The van der Waals surface area contributed by atoms with E-state index in [9.17, 15) is 8.78 Å². The number of halogens is 4. The first-order chi connectivity index (χ1) is 10.2. The van der Waals surface area contributed by atoms with Crippen molar-refractivity contribution in [3.8, 4) is 0 Å². The van der Waals surface area contributed by atoms with Gasteiger partial charge in [-0.25, -0.2) is 8.78 Å². The number of hydrogen-bond acceptors (Lipinski definition) is 2. The van der Waals surface area contributed by atoms with Gasteiger partial charge in [-0.1, -0.05) is 24.4 Å². The summed E-state index contributed by atoms with van der Waals surface area (Å²) in [6.07, 6.45) is 4.48. The van der Waals surface area contributed by atoms with Crippen LogP contribution in [0, 0.1) is 17.6 Å². The molecule has 1 saturated carbocycles. The van der Waals surface area contributed by atoms with E-state index in [4.69, 9.17) is 11.6 Å². The summed E-state index contributed by atoms with van der Waals surface area (Å²) in [6, 6.07) is 2.23. The first-order valence-electron chi connectivity index (χ1n) is 7.76. The van der Waals surface area contributed by atoms with Crippen molar-refractivity contribution < 1.29 is 8.78 Å². The molecule has 2 nitrogen and oxygen atoms in total. The molecule has 0 spiro atoms. The van der Waals surface area contributed by atoms with Crippen LogP contribution in [0.25, 0.3) is 0 Å². The van der Waals surface area contributed by atoms with E-state index in [1.165, 1.54) is 18.9 Å². The van der Waals surface area contributed by atoms with Gasteiger partial charge in [0, 0.05) is 37.8 Å². The first-order valence-corrected chi connectivity index (χ1v) is 8.14. The first kappa shape index (κ1) is 17.9. The fraction of sp³-hybridized carbons (Fsp3) is 0.625. The smallest absolute Gasteiger partial charge is 0.142 e. The minimum atomic E-state index is -0.522. The molecule has 124 valence electrons. The van der Waals surface area contributed by atoms with Crippen LogP contribution in [-0.2, 0) is 0 Å². The van der Waals surface area contributed by atoms with Gasteiger partial charge >= 0.3 is 0 Å². The van der Waals surface area contributed by atoms with Crippen molar-refractivity contribution in [3.05, 3.63) is 34.4 Å². The second-order valence-electron chi connectivity index (χ2n) is 6.03. The third-order valence-electron chi connectivity index (χ3n) is 4.77. The maximum atomic E-state index is 14.4. The number of benzene rings is 1. The molecule has 3 rings (SSSR count). The quantitative estimate of drug-likeness (QED) is 0.822. The highest BCUT2D eigenvalue weighted by molar-refractivity contribution is 6.31. The minimum absolute atomic E-state index is 0. The van der Waals surface area contributed by atoms with Gasteiger partial charge in [0.15, 0.2) is 0 Å². The van der Waals surface area contributed by atoms with Crippen LogP contribution in [-0.4, -0.2) is 31.1 Å². The van der Waals surface area contributed by atoms with Crippen LogP contribution >= 0.6 is 24.0 Å². The molecule has 6 heteroatoms. The highest BCUT2D eigenvalue weighted by atomic mass is 35.5. The summed E-state index contributed by atoms with van der Waals surface area (Å²) in [7, 11) is 0. The van der Waals surface area contributed by atoms with E-state index in [1.807, 2.05) is 0 Å². The molecule has 1 heterocycles. The Hall–Kier alpha value is -0.420. The summed E-state index contributed by atoms with van der Waals surface area (Å²) >= 11 is 6.13. The monoisotopic (exact) mass is 350 g/mol. The highest BCUT2D eigenvalue weighted by Gasteiger charge is 2.35. The van der Waals surface area contributed by atoms with Crippen LogP contribution in [0.15, 0.2) is 12.1 Å². The van der Waals surface area contributed by atoms with Gasteiger partial charge in [-0.05, 0) is 30.9 Å². The zero-order valence-electron chi connectivity index (χ0n) is 12.5. The van der Waals surface area contributed by atoms with Gasteiger partial charge in [-0.2, -0.15) is 0 Å². The Kier molecular flexibility index (Phi) is 6.45. The van der Waals surface area contributed by atoms with E-state index in [0.717, 1.165) is 45.1 Å². The second kappa shape index (κ2) is 7.91. The fourth-order valence-corrected chi connectivity index (χ4v) is 4.03. The van der Waals surface area contributed by atoms with Crippen molar-refractivity contribution >= 4 is 24.0 Å². The molecule has 0 aromatic heterocycles. The molecular weight excluding hydrogens is 329 g/mol.